The largest absolute Gasteiger partial charge is 0.496 e. The lowest BCUT2D eigenvalue weighted by Gasteiger charge is -2.23. The summed E-state index contributed by atoms with van der Waals surface area (Å²) >= 11 is 0. The maximum atomic E-state index is 13.9. The Morgan fingerprint density at radius 1 is 1.10 bits per heavy atom. The highest BCUT2D eigenvalue weighted by Gasteiger charge is 2.22. The van der Waals surface area contributed by atoms with E-state index in [9.17, 15) is 14.0 Å². The summed E-state index contributed by atoms with van der Waals surface area (Å²) in [4.78, 5) is 28.5. The number of ether oxygens (including phenoxy) is 1. The van der Waals surface area contributed by atoms with Crippen LogP contribution in [-0.4, -0.2) is 56.0 Å². The van der Waals surface area contributed by atoms with Gasteiger partial charge in [0.2, 0.25) is 0 Å². The van der Waals surface area contributed by atoms with E-state index in [-0.39, 0.29) is 11.9 Å². The van der Waals surface area contributed by atoms with Crippen LogP contribution in [-0.2, 0) is 0 Å². The third-order valence-electron chi connectivity index (χ3n) is 4.73. The molecule has 0 saturated carbocycles. The molecule has 3 amide bonds. The van der Waals surface area contributed by atoms with Crippen LogP contribution in [0.1, 0.15) is 29.8 Å². The van der Waals surface area contributed by atoms with Crippen molar-refractivity contribution in [3.63, 3.8) is 0 Å². The molecule has 0 bridgehead atoms. The minimum absolute atomic E-state index is 0.204. The molecule has 0 unspecified atom stereocenters. The number of nitrogens with one attached hydrogen (secondary N) is 1. The normalized spacial score (nSPS) is 10.4. The molecular weight excluding hydrogens is 373 g/mol. The van der Waals surface area contributed by atoms with Gasteiger partial charge in [-0.3, -0.25) is 4.79 Å². The highest BCUT2D eigenvalue weighted by Crippen LogP contribution is 2.35. The molecule has 2 aromatic carbocycles. The molecule has 2 rings (SSSR count). The lowest BCUT2D eigenvalue weighted by molar-refractivity contribution is 0.0774. The number of amides is 3. The number of hydrogen-bond donors (Lipinski definition) is 1. The fourth-order valence-corrected chi connectivity index (χ4v) is 3.08. The lowest BCUT2D eigenvalue weighted by Crippen LogP contribution is -2.33. The van der Waals surface area contributed by atoms with Crippen molar-refractivity contribution in [3.05, 3.63) is 47.3 Å². The van der Waals surface area contributed by atoms with Crippen molar-refractivity contribution >= 4 is 17.6 Å². The summed E-state index contributed by atoms with van der Waals surface area (Å²) in [5, 5.41) is 2.82. The summed E-state index contributed by atoms with van der Waals surface area (Å²) < 4.78 is 19.3. The van der Waals surface area contributed by atoms with E-state index in [0.29, 0.717) is 46.8 Å². The molecule has 0 aliphatic carbocycles. The number of urea groups is 1. The molecule has 0 heterocycles. The third kappa shape index (κ3) is 4.85. The number of hydrogen-bond acceptors (Lipinski definition) is 3. The second kappa shape index (κ2) is 9.41. The molecule has 0 aliphatic heterocycles. The first-order chi connectivity index (χ1) is 13.7. The van der Waals surface area contributed by atoms with Gasteiger partial charge in [0, 0.05) is 32.7 Å². The zero-order valence-electron chi connectivity index (χ0n) is 17.8. The second-order valence-electron chi connectivity index (χ2n) is 6.86. The Balaban J connectivity index is 2.70. The van der Waals surface area contributed by atoms with E-state index in [0.717, 1.165) is 0 Å². The van der Waals surface area contributed by atoms with Gasteiger partial charge < -0.3 is 19.9 Å². The van der Waals surface area contributed by atoms with Gasteiger partial charge in [0.25, 0.3) is 5.91 Å². The molecule has 0 radical (unpaired) electrons. The molecule has 6 nitrogen and oxygen atoms in total. The van der Waals surface area contributed by atoms with Crippen LogP contribution in [0.3, 0.4) is 0 Å². The summed E-state index contributed by atoms with van der Waals surface area (Å²) in [6.07, 6.45) is 0. The fraction of sp³-hybridized carbons (Fsp3) is 0.364. The van der Waals surface area contributed by atoms with E-state index in [1.807, 2.05) is 19.9 Å². The smallest absolute Gasteiger partial charge is 0.321 e. The van der Waals surface area contributed by atoms with Gasteiger partial charge in [-0.25, -0.2) is 9.18 Å². The number of anilines is 1. The first-order valence-electron chi connectivity index (χ1n) is 9.49. The highest BCUT2D eigenvalue weighted by molar-refractivity contribution is 6.05. The molecule has 29 heavy (non-hydrogen) atoms. The number of methoxy groups -OCH3 is 1. The topological polar surface area (TPSA) is 61.9 Å². The minimum Gasteiger partial charge on any atom is -0.496 e. The van der Waals surface area contributed by atoms with Crippen LogP contribution in [0.5, 0.6) is 5.75 Å². The number of nitrogens with zero attached hydrogens (tertiary/aromatic N) is 2. The first kappa shape index (κ1) is 22.2. The van der Waals surface area contributed by atoms with Gasteiger partial charge in [0.1, 0.15) is 11.6 Å². The van der Waals surface area contributed by atoms with Gasteiger partial charge in [-0.2, -0.15) is 0 Å². The number of rotatable bonds is 6. The maximum Gasteiger partial charge on any atom is 0.321 e. The van der Waals surface area contributed by atoms with Gasteiger partial charge in [0.05, 0.1) is 18.4 Å². The molecule has 1 N–H and O–H groups in total. The van der Waals surface area contributed by atoms with E-state index >= 15 is 0 Å². The van der Waals surface area contributed by atoms with E-state index in [4.69, 9.17) is 4.74 Å². The van der Waals surface area contributed by atoms with Crippen LogP contribution in [0, 0.1) is 12.7 Å². The van der Waals surface area contributed by atoms with Crippen LogP contribution in [0.25, 0.3) is 11.1 Å². The van der Waals surface area contributed by atoms with Crippen molar-refractivity contribution < 1.29 is 18.7 Å². The Labute approximate surface area is 171 Å². The van der Waals surface area contributed by atoms with Crippen LogP contribution in [0.2, 0.25) is 0 Å². The third-order valence-corrected chi connectivity index (χ3v) is 4.73. The number of halogens is 1. The molecular formula is C22H28FN3O3. The molecule has 156 valence electrons. The highest BCUT2D eigenvalue weighted by atomic mass is 19.1. The number of carbonyl (C=O) groups is 2. The number of aryl methyl sites for hydroxylation is 1. The summed E-state index contributed by atoms with van der Waals surface area (Å²) in [5.74, 6) is -0.110. The van der Waals surface area contributed by atoms with E-state index < -0.39 is 5.82 Å². The number of benzene rings is 2. The van der Waals surface area contributed by atoms with Crippen molar-refractivity contribution in [1.29, 1.82) is 0 Å². The van der Waals surface area contributed by atoms with Crippen molar-refractivity contribution in [3.8, 4) is 16.9 Å². The standard InChI is InChI=1S/C22H28FN3O3/c1-7-26(8-2)21(27)18-12-15(17-13-16(23)9-10-19(17)29-6)11-14(3)20(18)24-22(28)25(4)5/h9-13H,7-8H2,1-6H3,(H,24,28). The van der Waals surface area contributed by atoms with Gasteiger partial charge >= 0.3 is 6.03 Å². The van der Waals surface area contributed by atoms with Crippen LogP contribution >= 0.6 is 0 Å². The predicted molar refractivity (Wildman–Crippen MR) is 113 cm³/mol. The molecule has 2 aromatic rings. The minimum atomic E-state index is -0.403. The van der Waals surface area contributed by atoms with Gasteiger partial charge in [-0.05, 0) is 62.2 Å². The van der Waals surface area contributed by atoms with E-state index in [1.54, 1.807) is 38.1 Å². The monoisotopic (exact) mass is 401 g/mol. The summed E-state index contributed by atoms with van der Waals surface area (Å²) in [7, 11) is 4.77. The van der Waals surface area contributed by atoms with Crippen molar-refractivity contribution in [1.82, 2.24) is 9.80 Å². The van der Waals surface area contributed by atoms with Gasteiger partial charge in [-0.1, -0.05) is 0 Å². The average molecular weight is 401 g/mol. The summed E-state index contributed by atoms with van der Waals surface area (Å²) in [6.45, 7) is 6.66. The molecule has 0 aromatic heterocycles. The Kier molecular flexibility index (Phi) is 7.20. The molecule has 0 aliphatic rings. The number of carbonyl (C=O) groups excluding carboxylic acids is 2. The molecule has 0 atom stereocenters. The SMILES string of the molecule is CCN(CC)C(=O)c1cc(-c2cc(F)ccc2OC)cc(C)c1NC(=O)N(C)C. The summed E-state index contributed by atoms with van der Waals surface area (Å²) in [6, 6.07) is 7.39. The molecule has 0 saturated heterocycles. The lowest BCUT2D eigenvalue weighted by atomic mass is 9.96. The quantitative estimate of drug-likeness (QED) is 0.781. The van der Waals surface area contributed by atoms with Crippen molar-refractivity contribution in [2.75, 3.05) is 39.6 Å². The Hall–Kier alpha value is -3.09. The zero-order chi connectivity index (χ0) is 21.7. The Bertz CT molecular complexity index is 908. The van der Waals surface area contributed by atoms with Gasteiger partial charge in [-0.15, -0.1) is 0 Å². The predicted octanol–water partition coefficient (Wildman–Crippen LogP) is 4.39. The van der Waals surface area contributed by atoms with E-state index in [1.165, 1.54) is 24.1 Å². The second-order valence-corrected chi connectivity index (χ2v) is 6.86. The summed E-state index contributed by atoms with van der Waals surface area (Å²) in [5.41, 5.74) is 2.66. The maximum absolute atomic E-state index is 13.9. The van der Waals surface area contributed by atoms with Gasteiger partial charge in [0.15, 0.2) is 0 Å². The Morgan fingerprint density at radius 3 is 2.31 bits per heavy atom. The Morgan fingerprint density at radius 2 is 1.76 bits per heavy atom. The first-order valence-corrected chi connectivity index (χ1v) is 9.49. The molecule has 0 fully saturated rings. The molecule has 0 spiro atoms. The van der Waals surface area contributed by atoms with Crippen molar-refractivity contribution in [2.45, 2.75) is 20.8 Å². The van der Waals surface area contributed by atoms with Crippen LogP contribution in [0.15, 0.2) is 30.3 Å². The van der Waals surface area contributed by atoms with Crippen LogP contribution < -0.4 is 10.1 Å². The molecule has 7 heteroatoms. The van der Waals surface area contributed by atoms with Crippen molar-refractivity contribution in [2.24, 2.45) is 0 Å². The van der Waals surface area contributed by atoms with E-state index in [2.05, 4.69) is 5.32 Å². The fourth-order valence-electron chi connectivity index (χ4n) is 3.08. The van der Waals surface area contributed by atoms with Crippen LogP contribution in [0.4, 0.5) is 14.9 Å². The average Bonchev–Trinajstić information content (AvgIpc) is 2.69. The zero-order valence-corrected chi connectivity index (χ0v) is 17.8.